The molecular weight excluding hydrogens is 304 g/mol. The maximum atomic E-state index is 11.7. The van der Waals surface area contributed by atoms with Crippen molar-refractivity contribution in [2.24, 2.45) is 0 Å². The van der Waals surface area contributed by atoms with Crippen molar-refractivity contribution in [3.63, 3.8) is 0 Å². The van der Waals surface area contributed by atoms with Gasteiger partial charge in [-0.25, -0.2) is 4.98 Å². The summed E-state index contributed by atoms with van der Waals surface area (Å²) in [6.07, 6.45) is 3.24. The van der Waals surface area contributed by atoms with Gasteiger partial charge in [0.1, 0.15) is 5.51 Å². The highest BCUT2D eigenvalue weighted by atomic mass is 32.1. The second kappa shape index (κ2) is 6.73. The predicted octanol–water partition coefficient (Wildman–Crippen LogP) is 3.50. The van der Waals surface area contributed by atoms with Gasteiger partial charge in [-0.05, 0) is 31.4 Å². The van der Waals surface area contributed by atoms with Gasteiger partial charge in [-0.15, -0.1) is 21.5 Å². The minimum Gasteiger partial charge on any atom is -0.301 e. The van der Waals surface area contributed by atoms with Gasteiger partial charge in [0, 0.05) is 6.42 Å². The first-order valence-corrected chi connectivity index (χ1v) is 8.41. The SMILES string of the molecule is O=C(CCCCc1nc2ccccc2s1)Nc1nncs1. The molecule has 0 saturated heterocycles. The molecule has 0 fully saturated rings. The highest BCUT2D eigenvalue weighted by Crippen LogP contribution is 2.22. The van der Waals surface area contributed by atoms with Crippen molar-refractivity contribution >= 4 is 43.9 Å². The second-order valence-electron chi connectivity index (χ2n) is 4.57. The normalized spacial score (nSPS) is 10.9. The molecule has 0 unspecified atom stereocenters. The van der Waals surface area contributed by atoms with Gasteiger partial charge in [-0.3, -0.25) is 4.79 Å². The lowest BCUT2D eigenvalue weighted by Crippen LogP contribution is -2.10. The van der Waals surface area contributed by atoms with Crippen LogP contribution in [-0.4, -0.2) is 21.1 Å². The van der Waals surface area contributed by atoms with Crippen LogP contribution >= 0.6 is 22.7 Å². The number of hydrogen-bond donors (Lipinski definition) is 1. The number of nitrogens with one attached hydrogen (secondary N) is 1. The standard InChI is InChI=1S/C14H14N4OS2/c19-12(17-14-18-15-9-20-14)7-3-4-8-13-16-10-5-1-2-6-11(10)21-13/h1-2,5-6,9H,3-4,7-8H2,(H,17,18,19). The van der Waals surface area contributed by atoms with Crippen LogP contribution < -0.4 is 5.32 Å². The Morgan fingerprint density at radius 1 is 1.24 bits per heavy atom. The van der Waals surface area contributed by atoms with E-state index in [4.69, 9.17) is 0 Å². The minimum absolute atomic E-state index is 0.00366. The van der Waals surface area contributed by atoms with Crippen LogP contribution in [0, 0.1) is 0 Å². The molecule has 0 aliphatic rings. The lowest BCUT2D eigenvalue weighted by Gasteiger charge is -2.00. The summed E-state index contributed by atoms with van der Waals surface area (Å²) in [4.78, 5) is 16.3. The van der Waals surface area contributed by atoms with Crippen molar-refractivity contribution in [2.75, 3.05) is 5.32 Å². The number of nitrogens with zero attached hydrogens (tertiary/aromatic N) is 3. The third kappa shape index (κ3) is 3.83. The second-order valence-corrected chi connectivity index (χ2v) is 6.52. The number of unbranched alkanes of at least 4 members (excludes halogenated alkanes) is 1. The molecule has 108 valence electrons. The molecule has 0 atom stereocenters. The average Bonchev–Trinajstić information content (AvgIpc) is 3.12. The number of thiazole rings is 1. The number of carbonyl (C=O) groups excluding carboxylic acids is 1. The van der Waals surface area contributed by atoms with Crippen molar-refractivity contribution in [1.82, 2.24) is 15.2 Å². The Morgan fingerprint density at radius 2 is 2.14 bits per heavy atom. The summed E-state index contributed by atoms with van der Waals surface area (Å²) in [6, 6.07) is 8.16. The maximum Gasteiger partial charge on any atom is 0.226 e. The van der Waals surface area contributed by atoms with Crippen LogP contribution in [0.2, 0.25) is 0 Å². The monoisotopic (exact) mass is 318 g/mol. The highest BCUT2D eigenvalue weighted by molar-refractivity contribution is 7.18. The zero-order valence-electron chi connectivity index (χ0n) is 11.3. The first-order valence-electron chi connectivity index (χ1n) is 6.72. The van der Waals surface area contributed by atoms with Crippen LogP contribution in [0.1, 0.15) is 24.3 Å². The molecule has 3 aromatic rings. The number of fused-ring (bicyclic) bond motifs is 1. The fraction of sp³-hybridized carbons (Fsp3) is 0.286. The molecule has 0 spiro atoms. The molecule has 5 nitrogen and oxygen atoms in total. The Labute approximate surface area is 130 Å². The largest absolute Gasteiger partial charge is 0.301 e. The van der Waals surface area contributed by atoms with Crippen LogP contribution in [0.25, 0.3) is 10.2 Å². The molecule has 2 heterocycles. The van der Waals surface area contributed by atoms with Crippen molar-refractivity contribution < 1.29 is 4.79 Å². The molecule has 0 radical (unpaired) electrons. The summed E-state index contributed by atoms with van der Waals surface area (Å²) in [5, 5.41) is 11.9. The van der Waals surface area contributed by atoms with Gasteiger partial charge < -0.3 is 5.32 Å². The van der Waals surface area contributed by atoms with E-state index in [1.54, 1.807) is 16.8 Å². The highest BCUT2D eigenvalue weighted by Gasteiger charge is 2.06. The van der Waals surface area contributed by atoms with E-state index >= 15 is 0 Å². The van der Waals surface area contributed by atoms with Crippen molar-refractivity contribution in [3.8, 4) is 0 Å². The van der Waals surface area contributed by atoms with Crippen molar-refractivity contribution in [1.29, 1.82) is 0 Å². The predicted molar refractivity (Wildman–Crippen MR) is 85.7 cm³/mol. The van der Waals surface area contributed by atoms with Crippen LogP contribution in [0.5, 0.6) is 0 Å². The van der Waals surface area contributed by atoms with E-state index in [1.165, 1.54) is 16.0 Å². The Kier molecular flexibility index (Phi) is 4.52. The lowest BCUT2D eigenvalue weighted by molar-refractivity contribution is -0.116. The van der Waals surface area contributed by atoms with Crippen LogP contribution in [-0.2, 0) is 11.2 Å². The zero-order chi connectivity index (χ0) is 14.5. The Hall–Kier alpha value is -1.86. The van der Waals surface area contributed by atoms with Gasteiger partial charge in [-0.2, -0.15) is 0 Å². The fourth-order valence-corrected chi connectivity index (χ4v) is 3.47. The Balaban J connectivity index is 1.42. The molecule has 1 amide bonds. The number of aryl methyl sites for hydroxylation is 1. The summed E-state index contributed by atoms with van der Waals surface area (Å²) in [7, 11) is 0. The number of rotatable bonds is 6. The quantitative estimate of drug-likeness (QED) is 0.706. The van der Waals surface area contributed by atoms with Gasteiger partial charge >= 0.3 is 0 Å². The van der Waals surface area contributed by atoms with Gasteiger partial charge in [0.25, 0.3) is 0 Å². The summed E-state index contributed by atoms with van der Waals surface area (Å²) < 4.78 is 1.22. The van der Waals surface area contributed by atoms with E-state index in [2.05, 4.69) is 26.6 Å². The molecule has 1 aromatic carbocycles. The zero-order valence-corrected chi connectivity index (χ0v) is 12.9. The maximum absolute atomic E-state index is 11.7. The smallest absolute Gasteiger partial charge is 0.226 e. The number of benzene rings is 1. The topological polar surface area (TPSA) is 67.8 Å². The first kappa shape index (κ1) is 14.1. The van der Waals surface area contributed by atoms with E-state index < -0.39 is 0 Å². The molecule has 0 aliphatic heterocycles. The first-order chi connectivity index (χ1) is 10.3. The number of amides is 1. The summed E-state index contributed by atoms with van der Waals surface area (Å²) >= 11 is 3.06. The molecular formula is C14H14N4OS2. The average molecular weight is 318 g/mol. The molecule has 21 heavy (non-hydrogen) atoms. The minimum atomic E-state index is -0.00366. The number of hydrogen-bond acceptors (Lipinski definition) is 6. The van der Waals surface area contributed by atoms with Crippen molar-refractivity contribution in [3.05, 3.63) is 34.8 Å². The van der Waals surface area contributed by atoms with E-state index in [-0.39, 0.29) is 5.91 Å². The van der Waals surface area contributed by atoms with E-state index in [0.717, 1.165) is 29.8 Å². The van der Waals surface area contributed by atoms with Gasteiger partial charge in [0.2, 0.25) is 11.0 Å². The number of anilines is 1. The molecule has 7 heteroatoms. The molecule has 1 N–H and O–H groups in total. The van der Waals surface area contributed by atoms with Gasteiger partial charge in [0.05, 0.1) is 15.2 Å². The van der Waals surface area contributed by atoms with Crippen LogP contribution in [0.4, 0.5) is 5.13 Å². The Bertz CT molecular complexity index is 690. The molecule has 3 rings (SSSR count). The summed E-state index contributed by atoms with van der Waals surface area (Å²) in [5.41, 5.74) is 2.66. The van der Waals surface area contributed by atoms with Crippen molar-refractivity contribution in [2.45, 2.75) is 25.7 Å². The van der Waals surface area contributed by atoms with Crippen LogP contribution in [0.15, 0.2) is 29.8 Å². The molecule has 0 saturated carbocycles. The number of carbonyl (C=O) groups is 1. The number of para-hydroxylation sites is 1. The molecule has 0 bridgehead atoms. The number of aromatic nitrogens is 3. The van der Waals surface area contributed by atoms with E-state index in [9.17, 15) is 4.79 Å². The third-order valence-corrected chi connectivity index (χ3v) is 4.69. The van der Waals surface area contributed by atoms with Gasteiger partial charge in [0.15, 0.2) is 0 Å². The lowest BCUT2D eigenvalue weighted by atomic mass is 10.2. The molecule has 2 aromatic heterocycles. The summed E-state index contributed by atoms with van der Waals surface area (Å²) in [5.74, 6) is -0.00366. The van der Waals surface area contributed by atoms with Crippen LogP contribution in [0.3, 0.4) is 0 Å². The Morgan fingerprint density at radius 3 is 2.95 bits per heavy atom. The summed E-state index contributed by atoms with van der Waals surface area (Å²) in [6.45, 7) is 0. The van der Waals surface area contributed by atoms with E-state index in [1.807, 2.05) is 18.2 Å². The van der Waals surface area contributed by atoms with Gasteiger partial charge in [-0.1, -0.05) is 23.5 Å². The molecule has 0 aliphatic carbocycles. The fourth-order valence-electron chi connectivity index (χ4n) is 2.00. The van der Waals surface area contributed by atoms with E-state index in [0.29, 0.717) is 11.6 Å². The third-order valence-electron chi connectivity index (χ3n) is 2.99.